The van der Waals surface area contributed by atoms with Crippen molar-refractivity contribution in [1.29, 1.82) is 0 Å². The zero-order valence-corrected chi connectivity index (χ0v) is 12.0. The zero-order chi connectivity index (χ0) is 14.0. The van der Waals surface area contributed by atoms with Gasteiger partial charge in [0.15, 0.2) is 10.3 Å². The Bertz CT molecular complexity index is 626. The summed E-state index contributed by atoms with van der Waals surface area (Å²) in [5.74, 6) is -0.427. The number of carbonyl (C=O) groups excluding carboxylic acids is 1. The van der Waals surface area contributed by atoms with E-state index < -0.39 is 5.91 Å². The number of nitrogens with one attached hydrogen (secondary N) is 1. The van der Waals surface area contributed by atoms with Crippen LogP contribution in [0, 0.1) is 6.92 Å². The van der Waals surface area contributed by atoms with Crippen LogP contribution in [0.15, 0.2) is 24.5 Å². The van der Waals surface area contributed by atoms with Gasteiger partial charge in [-0.25, -0.2) is 9.97 Å². The van der Waals surface area contributed by atoms with Gasteiger partial charge in [0.1, 0.15) is 12.0 Å². The minimum atomic E-state index is -0.427. The Balaban J connectivity index is 2.31. The molecular weight excluding hydrogens is 309 g/mol. The molecule has 0 atom stereocenters. The number of nitrogens with zero attached hydrogens (tertiary/aromatic N) is 2. The van der Waals surface area contributed by atoms with E-state index in [0.29, 0.717) is 10.6 Å². The Morgan fingerprint density at radius 3 is 2.37 bits per heavy atom. The number of halogens is 3. The third kappa shape index (κ3) is 3.15. The molecule has 1 N–H and O–H groups in total. The van der Waals surface area contributed by atoms with Crippen molar-refractivity contribution in [1.82, 2.24) is 9.97 Å². The summed E-state index contributed by atoms with van der Waals surface area (Å²) < 4.78 is 0. The van der Waals surface area contributed by atoms with E-state index in [2.05, 4.69) is 15.3 Å². The molecule has 0 unspecified atom stereocenters. The van der Waals surface area contributed by atoms with Crippen molar-refractivity contribution in [2.75, 3.05) is 5.32 Å². The predicted molar refractivity (Wildman–Crippen MR) is 76.2 cm³/mol. The van der Waals surface area contributed by atoms with Crippen LogP contribution in [0.2, 0.25) is 15.3 Å². The molecule has 1 heterocycles. The molecule has 0 saturated heterocycles. The Morgan fingerprint density at radius 1 is 1.16 bits per heavy atom. The van der Waals surface area contributed by atoms with Crippen LogP contribution < -0.4 is 5.32 Å². The van der Waals surface area contributed by atoms with Gasteiger partial charge in [-0.3, -0.25) is 4.79 Å². The van der Waals surface area contributed by atoms with Crippen LogP contribution in [0.1, 0.15) is 15.9 Å². The van der Waals surface area contributed by atoms with Crippen LogP contribution in [0.25, 0.3) is 0 Å². The quantitative estimate of drug-likeness (QED) is 0.852. The van der Waals surface area contributed by atoms with Gasteiger partial charge >= 0.3 is 0 Å². The molecular formula is C12H8Cl3N3O. The smallest absolute Gasteiger partial charge is 0.257 e. The SMILES string of the molecule is Cc1ccc(C(=O)Nc2c(Cl)ncnc2Cl)c(Cl)c1. The fourth-order valence-electron chi connectivity index (χ4n) is 1.43. The third-order valence-electron chi connectivity index (χ3n) is 2.36. The summed E-state index contributed by atoms with van der Waals surface area (Å²) in [5, 5.41) is 3.02. The number of hydrogen-bond donors (Lipinski definition) is 1. The lowest BCUT2D eigenvalue weighted by atomic mass is 10.1. The van der Waals surface area contributed by atoms with Crippen molar-refractivity contribution in [3.05, 3.63) is 51.0 Å². The standard InChI is InChI=1S/C12H8Cl3N3O/c1-6-2-3-7(8(13)4-6)12(19)18-9-10(14)16-5-17-11(9)15/h2-5H,1H3,(H,18,19). The van der Waals surface area contributed by atoms with Crippen molar-refractivity contribution >= 4 is 46.4 Å². The first-order valence-corrected chi connectivity index (χ1v) is 6.36. The highest BCUT2D eigenvalue weighted by Gasteiger charge is 2.15. The van der Waals surface area contributed by atoms with Gasteiger partial charge in [0, 0.05) is 0 Å². The van der Waals surface area contributed by atoms with Gasteiger partial charge in [-0.05, 0) is 24.6 Å². The highest BCUT2D eigenvalue weighted by atomic mass is 35.5. The van der Waals surface area contributed by atoms with E-state index in [-0.39, 0.29) is 16.0 Å². The number of aromatic nitrogens is 2. The molecule has 0 bridgehead atoms. The summed E-state index contributed by atoms with van der Waals surface area (Å²) in [6.45, 7) is 1.88. The van der Waals surface area contributed by atoms with E-state index in [1.165, 1.54) is 6.33 Å². The van der Waals surface area contributed by atoms with Gasteiger partial charge in [-0.15, -0.1) is 0 Å². The minimum Gasteiger partial charge on any atom is -0.317 e. The van der Waals surface area contributed by atoms with Gasteiger partial charge < -0.3 is 5.32 Å². The van der Waals surface area contributed by atoms with Gasteiger partial charge in [0.05, 0.1) is 10.6 Å². The van der Waals surface area contributed by atoms with E-state index in [1.54, 1.807) is 18.2 Å². The summed E-state index contributed by atoms with van der Waals surface area (Å²) in [5.41, 5.74) is 1.44. The molecule has 7 heteroatoms. The lowest BCUT2D eigenvalue weighted by molar-refractivity contribution is 0.102. The molecule has 0 aliphatic heterocycles. The van der Waals surface area contributed by atoms with Crippen molar-refractivity contribution in [3.8, 4) is 0 Å². The number of rotatable bonds is 2. The number of hydrogen-bond acceptors (Lipinski definition) is 3. The molecule has 1 aromatic heterocycles. The molecule has 4 nitrogen and oxygen atoms in total. The average molecular weight is 317 g/mol. The Labute approximate surface area is 124 Å². The maximum absolute atomic E-state index is 12.1. The van der Waals surface area contributed by atoms with Crippen LogP contribution in [0.5, 0.6) is 0 Å². The van der Waals surface area contributed by atoms with Gasteiger partial charge in [0.25, 0.3) is 5.91 Å². The van der Waals surface area contributed by atoms with Crippen molar-refractivity contribution < 1.29 is 4.79 Å². The number of carbonyl (C=O) groups is 1. The zero-order valence-electron chi connectivity index (χ0n) is 9.75. The molecule has 0 spiro atoms. The lowest BCUT2D eigenvalue weighted by Gasteiger charge is -2.09. The van der Waals surface area contributed by atoms with Gasteiger partial charge in [0.2, 0.25) is 0 Å². The van der Waals surface area contributed by atoms with Gasteiger partial charge in [-0.2, -0.15) is 0 Å². The highest BCUT2D eigenvalue weighted by molar-refractivity contribution is 6.39. The molecule has 1 amide bonds. The third-order valence-corrected chi connectivity index (χ3v) is 3.25. The van der Waals surface area contributed by atoms with Crippen LogP contribution in [-0.2, 0) is 0 Å². The topological polar surface area (TPSA) is 54.9 Å². The molecule has 0 aliphatic rings. The van der Waals surface area contributed by atoms with Crippen molar-refractivity contribution in [3.63, 3.8) is 0 Å². The number of amides is 1. The Hall–Kier alpha value is -1.36. The first-order chi connectivity index (χ1) is 8.99. The predicted octanol–water partition coefficient (Wildman–Crippen LogP) is 4.00. The first kappa shape index (κ1) is 14.1. The van der Waals surface area contributed by atoms with Crippen molar-refractivity contribution in [2.45, 2.75) is 6.92 Å². The molecule has 1 aromatic carbocycles. The van der Waals surface area contributed by atoms with Crippen molar-refractivity contribution in [2.24, 2.45) is 0 Å². The van der Waals surface area contributed by atoms with Crippen LogP contribution in [0.3, 0.4) is 0 Å². The van der Waals surface area contributed by atoms with E-state index in [4.69, 9.17) is 34.8 Å². The van der Waals surface area contributed by atoms with E-state index in [0.717, 1.165) is 5.56 Å². The molecule has 0 fully saturated rings. The second-order valence-electron chi connectivity index (χ2n) is 3.77. The summed E-state index contributed by atoms with van der Waals surface area (Å²) >= 11 is 17.7. The lowest BCUT2D eigenvalue weighted by Crippen LogP contribution is -2.14. The molecule has 0 radical (unpaired) electrons. The summed E-state index contributed by atoms with van der Waals surface area (Å²) in [4.78, 5) is 19.6. The Morgan fingerprint density at radius 2 is 1.79 bits per heavy atom. The largest absolute Gasteiger partial charge is 0.317 e. The van der Waals surface area contributed by atoms with Gasteiger partial charge in [-0.1, -0.05) is 40.9 Å². The first-order valence-electron chi connectivity index (χ1n) is 5.22. The minimum absolute atomic E-state index is 0.0663. The monoisotopic (exact) mass is 315 g/mol. The summed E-state index contributed by atoms with van der Waals surface area (Å²) in [6, 6.07) is 5.10. The van der Waals surface area contributed by atoms with Crippen LogP contribution in [-0.4, -0.2) is 15.9 Å². The molecule has 0 saturated carbocycles. The van der Waals surface area contributed by atoms with Crippen LogP contribution in [0.4, 0.5) is 5.69 Å². The fraction of sp³-hybridized carbons (Fsp3) is 0.0833. The molecule has 2 rings (SSSR count). The highest BCUT2D eigenvalue weighted by Crippen LogP contribution is 2.27. The number of aryl methyl sites for hydroxylation is 1. The molecule has 98 valence electrons. The van der Waals surface area contributed by atoms with E-state index in [9.17, 15) is 4.79 Å². The normalized spacial score (nSPS) is 10.3. The molecule has 0 aliphatic carbocycles. The average Bonchev–Trinajstić information content (AvgIpc) is 2.33. The fourth-order valence-corrected chi connectivity index (χ4v) is 2.16. The number of anilines is 1. The molecule has 19 heavy (non-hydrogen) atoms. The molecule has 2 aromatic rings. The summed E-state index contributed by atoms with van der Waals surface area (Å²) in [6.07, 6.45) is 1.21. The van der Waals surface area contributed by atoms with Crippen LogP contribution >= 0.6 is 34.8 Å². The Kier molecular flexibility index (Phi) is 4.24. The second kappa shape index (κ2) is 5.74. The maximum Gasteiger partial charge on any atom is 0.257 e. The maximum atomic E-state index is 12.1. The second-order valence-corrected chi connectivity index (χ2v) is 4.89. The van der Waals surface area contributed by atoms with E-state index >= 15 is 0 Å². The van der Waals surface area contributed by atoms with E-state index in [1.807, 2.05) is 6.92 Å². The summed E-state index contributed by atoms with van der Waals surface area (Å²) in [7, 11) is 0. The number of benzene rings is 1.